The Hall–Kier alpha value is -0.830. The zero-order valence-electron chi connectivity index (χ0n) is 8.32. The van der Waals surface area contributed by atoms with E-state index in [1.54, 1.807) is 0 Å². The number of nitrogens with zero attached hydrogens (tertiary/aromatic N) is 1. The van der Waals surface area contributed by atoms with Crippen LogP contribution in [0, 0.1) is 6.92 Å². The third-order valence-electron chi connectivity index (χ3n) is 1.49. The average molecular weight is 243 g/mol. The van der Waals surface area contributed by atoms with Gasteiger partial charge in [0, 0.05) is 16.2 Å². The molecule has 0 amide bonds. The Labute approximate surface area is 87.9 Å². The van der Waals surface area contributed by atoms with Gasteiger partial charge in [0.2, 0.25) is 0 Å². The van der Waals surface area contributed by atoms with Crippen LogP contribution in [0.2, 0.25) is 0 Å². The highest BCUT2D eigenvalue weighted by atomic mass is 79.9. The molecule has 0 aliphatic rings. The maximum Gasteiger partial charge on any atom is 0.137 e. The Morgan fingerprint density at radius 2 is 2.08 bits per heavy atom. The van der Waals surface area contributed by atoms with E-state index in [4.69, 9.17) is 0 Å². The van der Waals surface area contributed by atoms with E-state index in [1.807, 2.05) is 27.0 Å². The van der Waals surface area contributed by atoms with Crippen molar-refractivity contribution >= 4 is 32.9 Å². The number of hydrogen-bond acceptors (Lipinski definition) is 1. The van der Waals surface area contributed by atoms with Gasteiger partial charge in [-0.15, -0.1) is 0 Å². The number of rotatable bonds is 2. The number of hydrogen-bond donors (Lipinski definition) is 1. The molecule has 0 atom stereocenters. The second-order valence-corrected chi connectivity index (χ2v) is 3.22. The number of aromatic amines is 1. The minimum absolute atomic E-state index is 0.768. The topological polar surface area (TPSA) is 28.1 Å². The predicted octanol–water partition coefficient (Wildman–Crippen LogP) is 4.05. The lowest BCUT2D eigenvalue weighted by Crippen LogP contribution is -1.74. The van der Waals surface area contributed by atoms with Crippen LogP contribution in [0.3, 0.4) is 0 Å². The summed E-state index contributed by atoms with van der Waals surface area (Å²) in [6, 6.07) is 0. The van der Waals surface area contributed by atoms with Crippen molar-refractivity contribution in [3.8, 4) is 0 Å². The molecule has 0 aromatic carbocycles. The van der Waals surface area contributed by atoms with Crippen molar-refractivity contribution in [1.82, 2.24) is 4.98 Å². The quantitative estimate of drug-likeness (QED) is 0.759. The molecule has 0 unspecified atom stereocenters. The number of aromatic nitrogens is 1. The van der Waals surface area contributed by atoms with Crippen molar-refractivity contribution in [3.63, 3.8) is 0 Å². The van der Waals surface area contributed by atoms with E-state index < -0.39 is 0 Å². The fraction of sp³-hybridized carbons (Fsp3) is 0.300. The largest absolute Gasteiger partial charge is 0.346 e. The molecule has 0 spiro atoms. The monoisotopic (exact) mass is 242 g/mol. The lowest BCUT2D eigenvalue weighted by atomic mass is 10.2. The van der Waals surface area contributed by atoms with Crippen molar-refractivity contribution in [2.75, 3.05) is 0 Å². The first-order chi connectivity index (χ1) is 6.16. The molecular weight excluding hydrogens is 228 g/mol. The van der Waals surface area contributed by atoms with E-state index in [0.29, 0.717) is 0 Å². The summed E-state index contributed by atoms with van der Waals surface area (Å²) in [7, 11) is 0. The molecule has 13 heavy (non-hydrogen) atoms. The number of H-pyrrole nitrogens is 1. The van der Waals surface area contributed by atoms with Crippen molar-refractivity contribution in [1.29, 1.82) is 0 Å². The molecule has 1 N–H and O–H groups in total. The number of halogens is 1. The molecule has 1 heterocycles. The Morgan fingerprint density at radius 1 is 1.54 bits per heavy atom. The second kappa shape index (κ2) is 5.75. The van der Waals surface area contributed by atoms with E-state index in [1.165, 1.54) is 0 Å². The van der Waals surface area contributed by atoms with Crippen LogP contribution in [0.15, 0.2) is 17.8 Å². The Balaban J connectivity index is 0.000000671. The molecule has 72 valence electrons. The number of aliphatic imine (C=N–C) groups is 1. The molecule has 0 aliphatic carbocycles. The van der Waals surface area contributed by atoms with Gasteiger partial charge in [-0.05, 0) is 19.2 Å². The van der Waals surface area contributed by atoms with Gasteiger partial charge in [-0.25, -0.2) is 4.99 Å². The highest BCUT2D eigenvalue weighted by molar-refractivity contribution is 9.15. The molecule has 1 aromatic rings. The van der Waals surface area contributed by atoms with Crippen LogP contribution in [0.4, 0.5) is 5.82 Å². The molecule has 0 saturated carbocycles. The van der Waals surface area contributed by atoms with E-state index in [9.17, 15) is 0 Å². The summed E-state index contributed by atoms with van der Waals surface area (Å²) in [6.07, 6.45) is 1.88. The van der Waals surface area contributed by atoms with Crippen LogP contribution in [0.25, 0.3) is 4.48 Å². The number of aryl methyl sites for hydroxylation is 1. The van der Waals surface area contributed by atoms with Crippen LogP contribution in [0.5, 0.6) is 0 Å². The molecule has 1 aromatic heterocycles. The Bertz CT molecular complexity index is 300. The van der Waals surface area contributed by atoms with Crippen LogP contribution in [-0.2, 0) is 0 Å². The van der Waals surface area contributed by atoms with Crippen LogP contribution in [0.1, 0.15) is 25.0 Å². The van der Waals surface area contributed by atoms with Crippen molar-refractivity contribution in [2.45, 2.75) is 20.8 Å². The fourth-order valence-corrected chi connectivity index (χ4v) is 1.48. The summed E-state index contributed by atoms with van der Waals surface area (Å²) in [5.74, 6) is 0.768. The SMILES string of the molecule is C=Nc1[nH]cc(C)c1C(=C)Br.CC. The van der Waals surface area contributed by atoms with E-state index in [2.05, 4.69) is 39.2 Å². The van der Waals surface area contributed by atoms with Gasteiger partial charge in [-0.1, -0.05) is 36.4 Å². The lowest BCUT2D eigenvalue weighted by Gasteiger charge is -1.96. The van der Waals surface area contributed by atoms with E-state index in [0.717, 1.165) is 21.4 Å². The minimum Gasteiger partial charge on any atom is -0.346 e. The molecule has 0 bridgehead atoms. The van der Waals surface area contributed by atoms with Crippen LogP contribution >= 0.6 is 15.9 Å². The molecule has 0 radical (unpaired) electrons. The molecule has 0 fully saturated rings. The van der Waals surface area contributed by atoms with Crippen LogP contribution in [-0.4, -0.2) is 11.7 Å². The minimum atomic E-state index is 0.768. The molecule has 0 saturated heterocycles. The second-order valence-electron chi connectivity index (χ2n) is 2.26. The van der Waals surface area contributed by atoms with Gasteiger partial charge in [-0.2, -0.15) is 0 Å². The molecule has 3 heteroatoms. The van der Waals surface area contributed by atoms with Gasteiger partial charge in [-0.3, -0.25) is 0 Å². The predicted molar refractivity (Wildman–Crippen MR) is 64.0 cm³/mol. The first-order valence-electron chi connectivity index (χ1n) is 4.16. The Morgan fingerprint density at radius 3 is 2.38 bits per heavy atom. The highest BCUT2D eigenvalue weighted by Crippen LogP contribution is 2.30. The van der Waals surface area contributed by atoms with E-state index in [-0.39, 0.29) is 0 Å². The molecule has 0 aliphatic heterocycles. The molecular formula is C10H15BrN2. The van der Waals surface area contributed by atoms with E-state index >= 15 is 0 Å². The van der Waals surface area contributed by atoms with Gasteiger partial charge in [0.1, 0.15) is 5.82 Å². The van der Waals surface area contributed by atoms with Crippen molar-refractivity contribution in [2.24, 2.45) is 4.99 Å². The summed E-state index contributed by atoms with van der Waals surface area (Å²) in [6.45, 7) is 13.2. The summed E-state index contributed by atoms with van der Waals surface area (Å²) in [5.41, 5.74) is 2.12. The standard InChI is InChI=1S/C8H9BrN2.C2H6/c1-5-4-11-8(10-3)7(5)6(2)9;1-2/h4,11H,2-3H2,1H3;1-2H3. The third kappa shape index (κ3) is 2.84. The van der Waals surface area contributed by atoms with Crippen molar-refractivity contribution in [3.05, 3.63) is 23.9 Å². The van der Waals surface area contributed by atoms with Gasteiger partial charge in [0.25, 0.3) is 0 Å². The zero-order chi connectivity index (χ0) is 10.4. The third-order valence-corrected chi connectivity index (χ3v) is 1.88. The van der Waals surface area contributed by atoms with Gasteiger partial charge >= 0.3 is 0 Å². The fourth-order valence-electron chi connectivity index (χ4n) is 0.975. The maximum atomic E-state index is 3.82. The first kappa shape index (κ1) is 12.2. The summed E-state index contributed by atoms with van der Waals surface area (Å²) >= 11 is 3.30. The number of nitrogens with one attached hydrogen (secondary N) is 1. The van der Waals surface area contributed by atoms with Gasteiger partial charge in [0.05, 0.1) is 0 Å². The van der Waals surface area contributed by atoms with Gasteiger partial charge < -0.3 is 4.98 Å². The molecule has 2 nitrogen and oxygen atoms in total. The lowest BCUT2D eigenvalue weighted by molar-refractivity contribution is 1.34. The highest BCUT2D eigenvalue weighted by Gasteiger charge is 2.07. The summed E-state index contributed by atoms with van der Waals surface area (Å²) in [4.78, 5) is 6.80. The first-order valence-corrected chi connectivity index (χ1v) is 4.95. The summed E-state index contributed by atoms with van der Waals surface area (Å²) < 4.78 is 0.832. The maximum absolute atomic E-state index is 3.82. The van der Waals surface area contributed by atoms with Crippen LogP contribution < -0.4 is 0 Å². The average Bonchev–Trinajstić information content (AvgIpc) is 2.50. The Kier molecular flexibility index (Phi) is 5.39. The van der Waals surface area contributed by atoms with Gasteiger partial charge in [0.15, 0.2) is 0 Å². The van der Waals surface area contributed by atoms with Crippen molar-refractivity contribution < 1.29 is 0 Å². The summed E-state index contributed by atoms with van der Waals surface area (Å²) in [5, 5.41) is 0. The normalized spacial score (nSPS) is 8.62. The smallest absolute Gasteiger partial charge is 0.137 e. The zero-order valence-corrected chi connectivity index (χ0v) is 9.90. The molecule has 1 rings (SSSR count).